The van der Waals surface area contributed by atoms with Crippen molar-refractivity contribution in [3.63, 3.8) is 0 Å². The molecule has 0 fully saturated rings. The molecular formula is C12H13BrN4O2. The molecule has 0 aliphatic carbocycles. The molecule has 0 bridgehead atoms. The quantitative estimate of drug-likeness (QED) is 0.906. The summed E-state index contributed by atoms with van der Waals surface area (Å²) in [4.78, 5) is 10.8. The lowest BCUT2D eigenvalue weighted by Crippen LogP contribution is -2.19. The van der Waals surface area contributed by atoms with Gasteiger partial charge in [0, 0.05) is 10.9 Å². The largest absolute Gasteiger partial charge is 0.481 e. The van der Waals surface area contributed by atoms with E-state index in [0.717, 1.165) is 10.0 Å². The van der Waals surface area contributed by atoms with Crippen molar-refractivity contribution in [1.82, 2.24) is 20.2 Å². The van der Waals surface area contributed by atoms with Crippen LogP contribution in [0.4, 0.5) is 0 Å². The normalized spacial score (nSPS) is 12.3. The molecule has 19 heavy (non-hydrogen) atoms. The van der Waals surface area contributed by atoms with Crippen molar-refractivity contribution in [2.45, 2.75) is 19.9 Å². The Labute approximate surface area is 118 Å². The fourth-order valence-electron chi connectivity index (χ4n) is 1.61. The van der Waals surface area contributed by atoms with Crippen LogP contribution in [0.15, 0.2) is 28.7 Å². The second kappa shape index (κ2) is 5.92. The number of carboxylic acid groups (broad SMARTS) is 1. The molecule has 6 nitrogen and oxygen atoms in total. The number of hydrogen-bond donors (Lipinski definition) is 1. The molecule has 1 N–H and O–H groups in total. The highest BCUT2D eigenvalue weighted by molar-refractivity contribution is 9.10. The number of rotatable bonds is 5. The minimum absolute atomic E-state index is 0.272. The number of aromatic nitrogens is 4. The van der Waals surface area contributed by atoms with Crippen LogP contribution < -0.4 is 0 Å². The summed E-state index contributed by atoms with van der Waals surface area (Å²) in [6.07, 6.45) is 0.576. The predicted octanol–water partition coefficient (Wildman–Crippen LogP) is 1.75. The van der Waals surface area contributed by atoms with Gasteiger partial charge in [-0.1, -0.05) is 35.0 Å². The molecule has 0 spiro atoms. The molecule has 0 aliphatic heterocycles. The average Bonchev–Trinajstić information content (AvgIpc) is 2.79. The third-order valence-electron chi connectivity index (χ3n) is 2.75. The molecule has 1 unspecified atom stereocenters. The minimum atomic E-state index is -0.856. The van der Waals surface area contributed by atoms with Crippen LogP contribution in [0.25, 0.3) is 0 Å². The zero-order chi connectivity index (χ0) is 13.8. The highest BCUT2D eigenvalue weighted by Crippen LogP contribution is 2.13. The summed E-state index contributed by atoms with van der Waals surface area (Å²) in [5.74, 6) is -0.715. The molecule has 0 aliphatic rings. The van der Waals surface area contributed by atoms with Gasteiger partial charge in [0.05, 0.1) is 12.5 Å². The van der Waals surface area contributed by atoms with Gasteiger partial charge < -0.3 is 5.11 Å². The van der Waals surface area contributed by atoms with Crippen molar-refractivity contribution in [2.75, 3.05) is 0 Å². The Kier molecular flexibility index (Phi) is 4.26. The van der Waals surface area contributed by atoms with E-state index in [0.29, 0.717) is 12.2 Å². The van der Waals surface area contributed by atoms with E-state index >= 15 is 0 Å². The number of aliphatic carboxylic acids is 1. The lowest BCUT2D eigenvalue weighted by Gasteiger charge is -2.08. The van der Waals surface area contributed by atoms with E-state index in [1.807, 2.05) is 24.3 Å². The average molecular weight is 325 g/mol. The van der Waals surface area contributed by atoms with Crippen LogP contribution in [0, 0.1) is 5.92 Å². The molecule has 0 saturated heterocycles. The Morgan fingerprint density at radius 1 is 1.42 bits per heavy atom. The number of benzene rings is 1. The second-order valence-corrected chi connectivity index (χ2v) is 5.24. The van der Waals surface area contributed by atoms with Crippen molar-refractivity contribution in [3.05, 3.63) is 40.1 Å². The number of carbonyl (C=O) groups is 1. The Bertz CT molecular complexity index is 567. The molecule has 1 aromatic heterocycles. The SMILES string of the molecule is CC(Cn1nnnc1Cc1ccc(Br)cc1)C(=O)O. The van der Waals surface area contributed by atoms with Gasteiger partial charge in [0.25, 0.3) is 0 Å². The summed E-state index contributed by atoms with van der Waals surface area (Å²) in [7, 11) is 0. The van der Waals surface area contributed by atoms with E-state index in [4.69, 9.17) is 5.11 Å². The summed E-state index contributed by atoms with van der Waals surface area (Å²) < 4.78 is 2.55. The monoisotopic (exact) mass is 324 g/mol. The molecule has 1 atom stereocenters. The van der Waals surface area contributed by atoms with Crippen LogP contribution in [0.2, 0.25) is 0 Å². The van der Waals surface area contributed by atoms with E-state index in [1.54, 1.807) is 11.6 Å². The van der Waals surface area contributed by atoms with Crippen molar-refractivity contribution in [2.24, 2.45) is 5.92 Å². The van der Waals surface area contributed by atoms with E-state index < -0.39 is 11.9 Å². The maximum Gasteiger partial charge on any atom is 0.308 e. The fourth-order valence-corrected chi connectivity index (χ4v) is 1.88. The lowest BCUT2D eigenvalue weighted by atomic mass is 10.1. The topological polar surface area (TPSA) is 80.9 Å². The molecule has 2 rings (SSSR count). The maximum absolute atomic E-state index is 10.8. The van der Waals surface area contributed by atoms with Crippen LogP contribution in [-0.4, -0.2) is 31.3 Å². The van der Waals surface area contributed by atoms with E-state index in [2.05, 4.69) is 31.5 Å². The van der Waals surface area contributed by atoms with Crippen molar-refractivity contribution in [1.29, 1.82) is 0 Å². The van der Waals surface area contributed by atoms with Gasteiger partial charge in [-0.3, -0.25) is 4.79 Å². The third kappa shape index (κ3) is 3.60. The third-order valence-corrected chi connectivity index (χ3v) is 3.28. The highest BCUT2D eigenvalue weighted by Gasteiger charge is 2.15. The first kappa shape index (κ1) is 13.7. The Balaban J connectivity index is 2.11. The van der Waals surface area contributed by atoms with Gasteiger partial charge in [-0.2, -0.15) is 0 Å². The summed E-state index contributed by atoms with van der Waals surface area (Å²) in [6.45, 7) is 1.90. The highest BCUT2D eigenvalue weighted by atomic mass is 79.9. The molecule has 1 heterocycles. The second-order valence-electron chi connectivity index (χ2n) is 4.32. The predicted molar refractivity (Wildman–Crippen MR) is 71.6 cm³/mol. The Morgan fingerprint density at radius 3 is 2.74 bits per heavy atom. The Hall–Kier alpha value is -1.76. The van der Waals surface area contributed by atoms with Crippen molar-refractivity contribution < 1.29 is 9.90 Å². The van der Waals surface area contributed by atoms with E-state index in [9.17, 15) is 4.79 Å². The van der Waals surface area contributed by atoms with Crippen LogP contribution in [-0.2, 0) is 17.8 Å². The van der Waals surface area contributed by atoms with Gasteiger partial charge in [0.1, 0.15) is 0 Å². The number of hydrogen-bond acceptors (Lipinski definition) is 4. The zero-order valence-corrected chi connectivity index (χ0v) is 11.9. The fraction of sp³-hybridized carbons (Fsp3) is 0.333. The first-order valence-corrected chi connectivity index (χ1v) is 6.58. The maximum atomic E-state index is 10.8. The molecule has 0 radical (unpaired) electrons. The number of tetrazole rings is 1. The van der Waals surface area contributed by atoms with Crippen LogP contribution >= 0.6 is 15.9 Å². The van der Waals surface area contributed by atoms with Gasteiger partial charge >= 0.3 is 5.97 Å². The van der Waals surface area contributed by atoms with Gasteiger partial charge in [-0.15, -0.1) is 5.10 Å². The molecule has 1 aromatic carbocycles. The first-order chi connectivity index (χ1) is 9.06. The van der Waals surface area contributed by atoms with Crippen molar-refractivity contribution >= 4 is 21.9 Å². The molecule has 7 heteroatoms. The minimum Gasteiger partial charge on any atom is -0.481 e. The molecule has 2 aromatic rings. The molecule has 100 valence electrons. The molecule has 0 saturated carbocycles. The number of halogens is 1. The van der Waals surface area contributed by atoms with Gasteiger partial charge in [0.2, 0.25) is 0 Å². The standard InChI is InChI=1S/C12H13BrN4O2/c1-8(12(18)19)7-17-11(14-15-16-17)6-9-2-4-10(13)5-3-9/h2-5,8H,6-7H2,1H3,(H,18,19). The summed E-state index contributed by atoms with van der Waals surface area (Å²) in [5, 5.41) is 20.3. The van der Waals surface area contributed by atoms with Crippen LogP contribution in [0.3, 0.4) is 0 Å². The number of carboxylic acids is 1. The van der Waals surface area contributed by atoms with Gasteiger partial charge in [-0.25, -0.2) is 4.68 Å². The molecule has 0 amide bonds. The summed E-state index contributed by atoms with van der Waals surface area (Å²) in [5.41, 5.74) is 1.07. The number of nitrogens with zero attached hydrogens (tertiary/aromatic N) is 4. The van der Waals surface area contributed by atoms with Crippen LogP contribution in [0.5, 0.6) is 0 Å². The lowest BCUT2D eigenvalue weighted by molar-refractivity contribution is -0.141. The van der Waals surface area contributed by atoms with E-state index in [-0.39, 0.29) is 6.54 Å². The summed E-state index contributed by atoms with van der Waals surface area (Å²) in [6, 6.07) is 7.85. The molecular weight excluding hydrogens is 312 g/mol. The first-order valence-electron chi connectivity index (χ1n) is 5.78. The van der Waals surface area contributed by atoms with Gasteiger partial charge in [0.15, 0.2) is 5.82 Å². The summed E-state index contributed by atoms with van der Waals surface area (Å²) >= 11 is 3.38. The van der Waals surface area contributed by atoms with E-state index in [1.165, 1.54) is 0 Å². The van der Waals surface area contributed by atoms with Crippen molar-refractivity contribution in [3.8, 4) is 0 Å². The van der Waals surface area contributed by atoms with Crippen LogP contribution in [0.1, 0.15) is 18.3 Å². The zero-order valence-electron chi connectivity index (χ0n) is 10.3. The van der Waals surface area contributed by atoms with Gasteiger partial charge in [-0.05, 0) is 28.1 Å². The Morgan fingerprint density at radius 2 is 2.11 bits per heavy atom. The smallest absolute Gasteiger partial charge is 0.308 e.